The van der Waals surface area contributed by atoms with Crippen LogP contribution in [0.1, 0.15) is 18.9 Å². The van der Waals surface area contributed by atoms with Crippen molar-refractivity contribution in [3.05, 3.63) is 39.9 Å². The molecule has 3 heterocycles. The highest BCUT2D eigenvalue weighted by Crippen LogP contribution is 2.52. The molecule has 0 radical (unpaired) electrons. The van der Waals surface area contributed by atoms with Crippen LogP contribution >= 0.6 is 23.5 Å². The number of nitro groups is 1. The molecule has 1 aromatic carbocycles. The second-order valence-electron chi connectivity index (χ2n) is 7.20. The summed E-state index contributed by atoms with van der Waals surface area (Å²) < 4.78 is 6.48. The molecule has 0 spiro atoms. The summed E-state index contributed by atoms with van der Waals surface area (Å²) in [5.74, 6) is -0.0434. The van der Waals surface area contributed by atoms with Gasteiger partial charge < -0.3 is 9.64 Å². The molecular formula is C17H18N6O5S2. The van der Waals surface area contributed by atoms with Crippen molar-refractivity contribution in [2.75, 3.05) is 5.75 Å². The number of non-ortho nitro benzene ring substituents is 1. The molecule has 0 N–H and O–H groups in total. The van der Waals surface area contributed by atoms with Crippen molar-refractivity contribution >= 4 is 41.1 Å². The summed E-state index contributed by atoms with van der Waals surface area (Å²) in [6.45, 7) is 1.92. The van der Waals surface area contributed by atoms with E-state index in [1.54, 1.807) is 40.5 Å². The first-order valence-corrected chi connectivity index (χ1v) is 10.9. The second-order valence-corrected chi connectivity index (χ2v) is 9.85. The Balaban J connectivity index is 1.45. The third kappa shape index (κ3) is 3.74. The predicted molar refractivity (Wildman–Crippen MR) is 107 cm³/mol. The van der Waals surface area contributed by atoms with Crippen LogP contribution in [0.25, 0.3) is 0 Å². The van der Waals surface area contributed by atoms with Crippen LogP contribution in [-0.4, -0.2) is 63.8 Å². The lowest BCUT2D eigenvalue weighted by atomic mass is 9.98. The molecule has 1 aromatic heterocycles. The largest absolute Gasteiger partial charge is 0.459 e. The Bertz CT molecular complexity index is 999. The van der Waals surface area contributed by atoms with Crippen LogP contribution in [-0.2, 0) is 28.0 Å². The fourth-order valence-corrected chi connectivity index (χ4v) is 6.33. The lowest BCUT2D eigenvalue weighted by Crippen LogP contribution is -2.58. The SMILES string of the molecule is Cn1nnnc1SC[C@]1(C)S[C@H]2CC(=O)N2[C@H]1C(=O)OCc1ccc([N+](=O)[O-])cc1. The maximum atomic E-state index is 13.0. The van der Waals surface area contributed by atoms with Crippen LogP contribution in [0.15, 0.2) is 29.4 Å². The number of benzene rings is 1. The number of hydrogen-bond donors (Lipinski definition) is 0. The summed E-state index contributed by atoms with van der Waals surface area (Å²) in [7, 11) is 1.74. The van der Waals surface area contributed by atoms with Gasteiger partial charge >= 0.3 is 5.97 Å². The van der Waals surface area contributed by atoms with E-state index in [2.05, 4.69) is 15.5 Å². The summed E-state index contributed by atoms with van der Waals surface area (Å²) in [4.78, 5) is 37.0. The highest BCUT2D eigenvalue weighted by Gasteiger charge is 2.61. The van der Waals surface area contributed by atoms with Crippen LogP contribution in [0.2, 0.25) is 0 Å². The van der Waals surface area contributed by atoms with Gasteiger partial charge in [-0.15, -0.1) is 16.9 Å². The van der Waals surface area contributed by atoms with E-state index in [1.807, 2.05) is 6.92 Å². The number of thioether (sulfide) groups is 2. The van der Waals surface area contributed by atoms with E-state index >= 15 is 0 Å². The third-order valence-corrected chi connectivity index (χ3v) is 8.13. The highest BCUT2D eigenvalue weighted by molar-refractivity contribution is 8.04. The second kappa shape index (κ2) is 7.87. The minimum atomic E-state index is -0.722. The quantitative estimate of drug-likeness (QED) is 0.200. The number of esters is 1. The molecule has 13 heteroatoms. The molecule has 2 fully saturated rings. The molecule has 2 aromatic rings. The van der Waals surface area contributed by atoms with Crippen molar-refractivity contribution in [3.8, 4) is 0 Å². The molecule has 1 amide bonds. The number of carbonyl (C=O) groups excluding carboxylic acids is 2. The summed E-state index contributed by atoms with van der Waals surface area (Å²) in [5.41, 5.74) is 0.599. The molecule has 2 aliphatic heterocycles. The Morgan fingerprint density at radius 2 is 2.17 bits per heavy atom. The first-order valence-electron chi connectivity index (χ1n) is 9.02. The maximum Gasteiger partial charge on any atom is 0.330 e. The Kier molecular flexibility index (Phi) is 5.40. The first kappa shape index (κ1) is 20.6. The maximum absolute atomic E-state index is 13.0. The van der Waals surface area contributed by atoms with Gasteiger partial charge in [0.1, 0.15) is 12.6 Å². The van der Waals surface area contributed by atoms with Gasteiger partial charge in [0.15, 0.2) is 0 Å². The smallest absolute Gasteiger partial charge is 0.330 e. The van der Waals surface area contributed by atoms with Gasteiger partial charge in [0.25, 0.3) is 5.69 Å². The standard InChI is InChI=1S/C17H18N6O5S2/c1-17(9-29-16-18-19-20-21(16)2)14(22-12(24)7-13(22)30-17)15(25)28-8-10-3-5-11(6-4-10)23(26)27/h3-6,13-14H,7-9H2,1-2H3/t13-,14-,17-/m0/s1. The number of aromatic nitrogens is 4. The minimum absolute atomic E-state index is 0.0267. The lowest BCUT2D eigenvalue weighted by molar-refractivity contribution is -0.384. The van der Waals surface area contributed by atoms with Gasteiger partial charge in [0.2, 0.25) is 11.1 Å². The lowest BCUT2D eigenvalue weighted by Gasteiger charge is -2.37. The first-order chi connectivity index (χ1) is 14.3. The van der Waals surface area contributed by atoms with Gasteiger partial charge in [-0.1, -0.05) is 11.8 Å². The number of nitrogens with zero attached hydrogens (tertiary/aromatic N) is 6. The number of carbonyl (C=O) groups is 2. The van der Waals surface area contributed by atoms with Crippen molar-refractivity contribution in [1.82, 2.24) is 25.1 Å². The summed E-state index contributed by atoms with van der Waals surface area (Å²) >= 11 is 3.01. The van der Waals surface area contributed by atoms with E-state index < -0.39 is 21.7 Å². The van der Waals surface area contributed by atoms with Crippen LogP contribution in [0.4, 0.5) is 5.69 Å². The molecule has 30 heavy (non-hydrogen) atoms. The number of fused-ring (bicyclic) bond motifs is 1. The Morgan fingerprint density at radius 3 is 2.77 bits per heavy atom. The minimum Gasteiger partial charge on any atom is -0.459 e. The average Bonchev–Trinajstić information content (AvgIpc) is 3.23. The number of rotatable bonds is 7. The number of ether oxygens (including phenoxy) is 1. The molecular weight excluding hydrogens is 432 g/mol. The van der Waals surface area contributed by atoms with Crippen molar-refractivity contribution in [3.63, 3.8) is 0 Å². The van der Waals surface area contributed by atoms with Crippen molar-refractivity contribution in [2.45, 2.75) is 41.3 Å². The monoisotopic (exact) mass is 450 g/mol. The predicted octanol–water partition coefficient (Wildman–Crippen LogP) is 1.39. The van der Waals surface area contributed by atoms with Gasteiger partial charge in [0, 0.05) is 24.9 Å². The summed E-state index contributed by atoms with van der Waals surface area (Å²) in [5, 5.41) is 22.7. The number of amides is 1. The van der Waals surface area contributed by atoms with E-state index in [9.17, 15) is 19.7 Å². The van der Waals surface area contributed by atoms with Crippen LogP contribution < -0.4 is 0 Å². The zero-order chi connectivity index (χ0) is 21.5. The fraction of sp³-hybridized carbons (Fsp3) is 0.471. The molecule has 0 bridgehead atoms. The Labute approximate surface area is 179 Å². The Morgan fingerprint density at radius 1 is 1.43 bits per heavy atom. The van der Waals surface area contributed by atoms with Gasteiger partial charge in [-0.2, -0.15) is 0 Å². The van der Waals surface area contributed by atoms with Crippen molar-refractivity contribution < 1.29 is 19.2 Å². The van der Waals surface area contributed by atoms with Crippen LogP contribution in [0, 0.1) is 10.1 Å². The topological polar surface area (TPSA) is 133 Å². The van der Waals surface area contributed by atoms with Gasteiger partial charge in [-0.25, -0.2) is 9.48 Å². The summed E-state index contributed by atoms with van der Waals surface area (Å²) in [6, 6.07) is 5.09. The number of β-lactam (4-membered cyclic amide) rings is 1. The molecule has 11 nitrogen and oxygen atoms in total. The van der Waals surface area contributed by atoms with E-state index in [0.717, 1.165) is 0 Å². The zero-order valence-corrected chi connectivity index (χ0v) is 17.8. The molecule has 0 saturated carbocycles. The van der Waals surface area contributed by atoms with E-state index in [1.165, 1.54) is 23.9 Å². The zero-order valence-electron chi connectivity index (χ0n) is 16.1. The normalized spacial score (nSPS) is 25.0. The summed E-state index contributed by atoms with van der Waals surface area (Å²) in [6.07, 6.45) is 0.405. The number of hydrogen-bond acceptors (Lipinski definition) is 10. The number of aryl methyl sites for hydroxylation is 1. The number of nitro benzene ring substituents is 1. The highest BCUT2D eigenvalue weighted by atomic mass is 32.2. The fourth-order valence-electron chi connectivity index (χ4n) is 3.45. The molecule has 2 aliphatic rings. The van der Waals surface area contributed by atoms with Crippen LogP contribution in [0.3, 0.4) is 0 Å². The van der Waals surface area contributed by atoms with Gasteiger partial charge in [-0.05, 0) is 35.0 Å². The molecule has 0 unspecified atom stereocenters. The van der Waals surface area contributed by atoms with Crippen molar-refractivity contribution in [2.24, 2.45) is 7.05 Å². The molecule has 158 valence electrons. The van der Waals surface area contributed by atoms with Crippen molar-refractivity contribution in [1.29, 1.82) is 0 Å². The number of tetrazole rings is 1. The Hall–Kier alpha value is -2.67. The molecule has 4 rings (SSSR count). The van der Waals surface area contributed by atoms with Crippen LogP contribution in [0.5, 0.6) is 0 Å². The molecule has 0 aliphatic carbocycles. The van der Waals surface area contributed by atoms with E-state index in [-0.39, 0.29) is 23.6 Å². The van der Waals surface area contributed by atoms with E-state index in [4.69, 9.17) is 4.74 Å². The third-order valence-electron chi connectivity index (χ3n) is 5.03. The van der Waals surface area contributed by atoms with Gasteiger partial charge in [0.05, 0.1) is 21.5 Å². The molecule has 2 saturated heterocycles. The van der Waals surface area contributed by atoms with E-state index in [0.29, 0.717) is 22.9 Å². The molecule has 3 atom stereocenters. The van der Waals surface area contributed by atoms with Gasteiger partial charge in [-0.3, -0.25) is 14.9 Å². The average molecular weight is 451 g/mol.